The quantitative estimate of drug-likeness (QED) is 0.404. The number of halogens is 1. The zero-order valence-electron chi connectivity index (χ0n) is 20.7. The van der Waals surface area contributed by atoms with Gasteiger partial charge >= 0.3 is 0 Å². The highest BCUT2D eigenvalue weighted by Gasteiger charge is 2.14. The van der Waals surface area contributed by atoms with E-state index in [-0.39, 0.29) is 18.0 Å². The van der Waals surface area contributed by atoms with Crippen LogP contribution in [-0.2, 0) is 13.0 Å². The highest BCUT2D eigenvalue weighted by Crippen LogP contribution is 2.31. The van der Waals surface area contributed by atoms with Crippen LogP contribution >= 0.6 is 12.4 Å². The molecule has 0 aliphatic carbocycles. The summed E-state index contributed by atoms with van der Waals surface area (Å²) in [6.45, 7) is 4.19. The summed E-state index contributed by atoms with van der Waals surface area (Å²) in [5.74, 6) is 2.59. The van der Waals surface area contributed by atoms with Gasteiger partial charge in [0.25, 0.3) is 5.56 Å². The summed E-state index contributed by atoms with van der Waals surface area (Å²) in [5.41, 5.74) is 1.85. The number of methoxy groups -OCH3 is 4. The van der Waals surface area contributed by atoms with Crippen LogP contribution in [0.1, 0.15) is 17.7 Å². The van der Waals surface area contributed by atoms with Crippen LogP contribution in [0.2, 0.25) is 0 Å². The minimum atomic E-state index is -0.121. The zero-order chi connectivity index (χ0) is 24.0. The topological polar surface area (TPSA) is 75.0 Å². The van der Waals surface area contributed by atoms with E-state index in [1.807, 2.05) is 25.1 Å². The zero-order valence-corrected chi connectivity index (χ0v) is 21.5. The normalized spacial score (nSPS) is 10.8. The number of likely N-dealkylation sites (N-methyl/N-ethyl adjacent to an activating group) is 1. The van der Waals surface area contributed by atoms with Crippen LogP contribution in [0.15, 0.2) is 35.1 Å². The Hall–Kier alpha value is -2.97. The van der Waals surface area contributed by atoms with Crippen molar-refractivity contribution in [1.29, 1.82) is 0 Å². The van der Waals surface area contributed by atoms with Crippen molar-refractivity contribution in [3.8, 4) is 23.0 Å². The van der Waals surface area contributed by atoms with Gasteiger partial charge in [-0.25, -0.2) is 4.68 Å². The molecule has 0 aliphatic heterocycles. The molecule has 0 atom stereocenters. The molecule has 0 spiro atoms. The number of aryl methyl sites for hydroxylation is 2. The highest BCUT2D eigenvalue weighted by atomic mass is 35.5. The minimum absolute atomic E-state index is 0. The molecule has 8 nitrogen and oxygen atoms in total. The predicted molar refractivity (Wildman–Crippen MR) is 136 cm³/mol. The third kappa shape index (κ3) is 6.12. The molecule has 3 rings (SSSR count). The number of aromatic nitrogens is 2. The van der Waals surface area contributed by atoms with Crippen LogP contribution in [0.25, 0.3) is 10.8 Å². The maximum absolute atomic E-state index is 13.0. The van der Waals surface area contributed by atoms with Gasteiger partial charge in [0.1, 0.15) is 0 Å². The van der Waals surface area contributed by atoms with Gasteiger partial charge in [-0.1, -0.05) is 6.07 Å². The van der Waals surface area contributed by atoms with E-state index < -0.39 is 0 Å². The first kappa shape index (κ1) is 27.3. The van der Waals surface area contributed by atoms with Crippen LogP contribution in [0.3, 0.4) is 0 Å². The number of rotatable bonds is 11. The molecule has 0 N–H and O–H groups in total. The number of fused-ring (bicyclic) bond motifs is 1. The van der Waals surface area contributed by atoms with Gasteiger partial charge in [0.2, 0.25) is 0 Å². The second-order valence-corrected chi connectivity index (χ2v) is 7.96. The van der Waals surface area contributed by atoms with Crippen molar-refractivity contribution < 1.29 is 18.9 Å². The first-order valence-corrected chi connectivity index (χ1v) is 10.9. The Kier molecular flexibility index (Phi) is 10.0. The van der Waals surface area contributed by atoms with Crippen molar-refractivity contribution >= 4 is 23.2 Å². The number of ether oxygens (including phenoxy) is 4. The summed E-state index contributed by atoms with van der Waals surface area (Å²) >= 11 is 0. The Labute approximate surface area is 206 Å². The van der Waals surface area contributed by atoms with E-state index in [0.717, 1.165) is 48.5 Å². The van der Waals surface area contributed by atoms with E-state index in [4.69, 9.17) is 18.9 Å². The first-order valence-electron chi connectivity index (χ1n) is 10.9. The van der Waals surface area contributed by atoms with Gasteiger partial charge in [0, 0.05) is 18.5 Å². The van der Waals surface area contributed by atoms with Crippen LogP contribution < -0.4 is 24.5 Å². The SMILES string of the molecule is COc1ccc(CCN(C)CCCn2nc(C)c3cc(OC)c(OC)cc3c2=O)cc1OC.Cl. The van der Waals surface area contributed by atoms with Crippen LogP contribution in [-0.4, -0.2) is 63.3 Å². The van der Waals surface area contributed by atoms with Crippen molar-refractivity contribution in [2.45, 2.75) is 26.3 Å². The molecule has 1 heterocycles. The lowest BCUT2D eigenvalue weighted by Crippen LogP contribution is -2.28. The van der Waals surface area contributed by atoms with Gasteiger partial charge < -0.3 is 23.8 Å². The third-order valence-corrected chi connectivity index (χ3v) is 5.79. The average Bonchev–Trinajstić information content (AvgIpc) is 2.84. The van der Waals surface area contributed by atoms with Crippen molar-refractivity contribution in [1.82, 2.24) is 14.7 Å². The van der Waals surface area contributed by atoms with Crippen LogP contribution in [0.5, 0.6) is 23.0 Å². The van der Waals surface area contributed by atoms with Gasteiger partial charge in [-0.3, -0.25) is 4.79 Å². The molecule has 0 saturated heterocycles. The van der Waals surface area contributed by atoms with Gasteiger partial charge in [-0.05, 0) is 63.2 Å². The van der Waals surface area contributed by atoms with Crippen molar-refractivity contribution in [3.05, 3.63) is 51.9 Å². The van der Waals surface area contributed by atoms with Gasteiger partial charge in [0.15, 0.2) is 23.0 Å². The van der Waals surface area contributed by atoms with Gasteiger partial charge in [-0.2, -0.15) is 5.10 Å². The summed E-state index contributed by atoms with van der Waals surface area (Å²) < 4.78 is 23.0. The Morgan fingerprint density at radius 3 is 2.06 bits per heavy atom. The number of benzene rings is 2. The van der Waals surface area contributed by atoms with Crippen molar-refractivity contribution in [2.75, 3.05) is 48.6 Å². The average molecular weight is 492 g/mol. The summed E-state index contributed by atoms with van der Waals surface area (Å²) in [6, 6.07) is 9.54. The maximum atomic E-state index is 13.0. The summed E-state index contributed by atoms with van der Waals surface area (Å²) in [6.07, 6.45) is 1.71. The molecule has 0 unspecified atom stereocenters. The first-order chi connectivity index (χ1) is 15.9. The monoisotopic (exact) mass is 491 g/mol. The second kappa shape index (κ2) is 12.5. The Bertz CT molecular complexity index is 1170. The summed E-state index contributed by atoms with van der Waals surface area (Å²) in [5, 5.41) is 5.88. The predicted octanol–water partition coefficient (Wildman–Crippen LogP) is 3.73. The second-order valence-electron chi connectivity index (χ2n) is 7.96. The van der Waals surface area contributed by atoms with E-state index in [1.165, 1.54) is 5.56 Å². The van der Waals surface area contributed by atoms with E-state index in [2.05, 4.69) is 23.1 Å². The highest BCUT2D eigenvalue weighted by molar-refractivity contribution is 5.87. The molecule has 2 aromatic carbocycles. The molecule has 0 bridgehead atoms. The molecule has 9 heteroatoms. The molecule has 3 aromatic rings. The Balaban J connectivity index is 0.00000408. The minimum Gasteiger partial charge on any atom is -0.493 e. The fourth-order valence-corrected chi connectivity index (χ4v) is 3.88. The molecular weight excluding hydrogens is 458 g/mol. The Morgan fingerprint density at radius 2 is 1.44 bits per heavy atom. The fourth-order valence-electron chi connectivity index (χ4n) is 3.88. The lowest BCUT2D eigenvalue weighted by molar-refractivity contribution is 0.320. The number of hydrogen-bond acceptors (Lipinski definition) is 7. The Morgan fingerprint density at radius 1 is 0.853 bits per heavy atom. The van der Waals surface area contributed by atoms with Crippen molar-refractivity contribution in [3.63, 3.8) is 0 Å². The lowest BCUT2D eigenvalue weighted by atomic mass is 10.1. The fraction of sp³-hybridized carbons (Fsp3) is 0.440. The standard InChI is InChI=1S/C25H33N3O5.ClH/c1-17-19-15-23(32-5)24(33-6)16-20(19)25(29)28(26-17)12-7-11-27(2)13-10-18-8-9-21(30-3)22(14-18)31-4;/h8-9,14-16H,7,10-13H2,1-6H3;1H. The molecule has 0 amide bonds. The van der Waals surface area contributed by atoms with E-state index in [9.17, 15) is 4.79 Å². The van der Waals surface area contributed by atoms with Gasteiger partial charge in [0.05, 0.1) is 39.5 Å². The number of hydrogen-bond donors (Lipinski definition) is 0. The lowest BCUT2D eigenvalue weighted by Gasteiger charge is -2.18. The molecule has 0 saturated carbocycles. The number of nitrogens with zero attached hydrogens (tertiary/aromatic N) is 3. The van der Waals surface area contributed by atoms with Crippen LogP contribution in [0, 0.1) is 6.92 Å². The van der Waals surface area contributed by atoms with Crippen LogP contribution in [0.4, 0.5) is 0 Å². The van der Waals surface area contributed by atoms with E-state index in [1.54, 1.807) is 39.2 Å². The van der Waals surface area contributed by atoms with Gasteiger partial charge in [-0.15, -0.1) is 12.4 Å². The summed E-state index contributed by atoms with van der Waals surface area (Å²) in [7, 11) is 8.50. The maximum Gasteiger partial charge on any atom is 0.274 e. The molecule has 0 aliphatic rings. The smallest absolute Gasteiger partial charge is 0.274 e. The summed E-state index contributed by atoms with van der Waals surface area (Å²) in [4.78, 5) is 15.3. The van der Waals surface area contributed by atoms with Crippen molar-refractivity contribution in [2.24, 2.45) is 0 Å². The molecular formula is C25H34ClN3O5. The van der Waals surface area contributed by atoms with E-state index >= 15 is 0 Å². The molecule has 1 aromatic heterocycles. The molecule has 0 fully saturated rings. The molecule has 186 valence electrons. The van der Waals surface area contributed by atoms with E-state index in [0.29, 0.717) is 23.4 Å². The third-order valence-electron chi connectivity index (χ3n) is 5.79. The molecule has 0 radical (unpaired) electrons. The largest absolute Gasteiger partial charge is 0.493 e. The molecule has 34 heavy (non-hydrogen) atoms.